The lowest BCUT2D eigenvalue weighted by Gasteiger charge is -2.10. The van der Waals surface area contributed by atoms with E-state index in [2.05, 4.69) is 73.3 Å². The molecule has 0 bridgehead atoms. The minimum absolute atomic E-state index is 0. The number of pyridine rings is 1. The number of hydrogen-bond acceptors (Lipinski definition) is 0. The first kappa shape index (κ1) is 13.9. The van der Waals surface area contributed by atoms with E-state index in [-0.39, 0.29) is 17.0 Å². The van der Waals surface area contributed by atoms with E-state index >= 15 is 0 Å². The third-order valence-corrected chi connectivity index (χ3v) is 2.95. The summed E-state index contributed by atoms with van der Waals surface area (Å²) in [4.78, 5) is 0. The molecule has 0 amide bonds. The van der Waals surface area contributed by atoms with Crippen molar-refractivity contribution < 1.29 is 21.5 Å². The molecular formula is C15H18BrN. The molecule has 0 radical (unpaired) electrons. The number of benzene rings is 1. The van der Waals surface area contributed by atoms with Crippen LogP contribution >= 0.6 is 0 Å². The predicted molar refractivity (Wildman–Crippen MR) is 66.2 cm³/mol. The summed E-state index contributed by atoms with van der Waals surface area (Å²) in [5.41, 5.74) is 2.70. The maximum absolute atomic E-state index is 2.27. The fourth-order valence-electron chi connectivity index (χ4n) is 2.03. The van der Waals surface area contributed by atoms with Gasteiger partial charge in [0.25, 0.3) is 0 Å². The lowest BCUT2D eigenvalue weighted by atomic mass is 10.0. The molecule has 2 aromatic rings. The Bertz CT molecular complexity index is 436. The van der Waals surface area contributed by atoms with Crippen molar-refractivity contribution in [2.45, 2.75) is 26.3 Å². The molecule has 1 heterocycles. The van der Waals surface area contributed by atoms with Gasteiger partial charge in [-0.15, -0.1) is 0 Å². The molecule has 1 aromatic carbocycles. The van der Waals surface area contributed by atoms with Crippen molar-refractivity contribution in [3.05, 3.63) is 66.0 Å². The monoisotopic (exact) mass is 291 g/mol. The highest BCUT2D eigenvalue weighted by Gasteiger charge is 2.17. The SMILES string of the molecule is CCC(c1ccc(C)cc1)[n+]1ccccc1.[Br-]. The van der Waals surface area contributed by atoms with Gasteiger partial charge in [0.15, 0.2) is 18.4 Å². The number of aryl methyl sites for hydroxylation is 1. The molecule has 0 fully saturated rings. The van der Waals surface area contributed by atoms with Gasteiger partial charge in [-0.1, -0.05) is 42.8 Å². The Kier molecular flexibility index (Phi) is 5.36. The fourth-order valence-corrected chi connectivity index (χ4v) is 2.03. The minimum Gasteiger partial charge on any atom is -1.00 e. The Morgan fingerprint density at radius 2 is 1.59 bits per heavy atom. The molecule has 0 spiro atoms. The molecule has 0 aliphatic carbocycles. The zero-order valence-electron chi connectivity index (χ0n) is 10.3. The molecule has 0 saturated carbocycles. The highest BCUT2D eigenvalue weighted by atomic mass is 79.9. The summed E-state index contributed by atoms with van der Waals surface area (Å²) < 4.78 is 2.27. The average molecular weight is 292 g/mol. The summed E-state index contributed by atoms with van der Waals surface area (Å²) in [6.07, 6.45) is 5.37. The van der Waals surface area contributed by atoms with Gasteiger partial charge in [0.05, 0.1) is 0 Å². The fraction of sp³-hybridized carbons (Fsp3) is 0.267. The van der Waals surface area contributed by atoms with Gasteiger partial charge in [-0.3, -0.25) is 0 Å². The normalized spacial score (nSPS) is 11.6. The van der Waals surface area contributed by atoms with E-state index in [1.54, 1.807) is 0 Å². The molecule has 0 saturated heterocycles. The lowest BCUT2D eigenvalue weighted by molar-refractivity contribution is -0.714. The van der Waals surface area contributed by atoms with Crippen molar-refractivity contribution in [1.82, 2.24) is 0 Å². The van der Waals surface area contributed by atoms with E-state index in [1.807, 2.05) is 0 Å². The Labute approximate surface area is 114 Å². The maximum Gasteiger partial charge on any atom is 0.183 e. The predicted octanol–water partition coefficient (Wildman–Crippen LogP) is 0.286. The van der Waals surface area contributed by atoms with Gasteiger partial charge in [-0.05, 0) is 6.92 Å². The van der Waals surface area contributed by atoms with Crippen LogP contribution in [0, 0.1) is 6.92 Å². The first-order valence-electron chi connectivity index (χ1n) is 5.83. The van der Waals surface area contributed by atoms with E-state index in [0.717, 1.165) is 6.42 Å². The smallest absolute Gasteiger partial charge is 0.183 e. The van der Waals surface area contributed by atoms with E-state index < -0.39 is 0 Å². The van der Waals surface area contributed by atoms with E-state index in [1.165, 1.54) is 11.1 Å². The molecule has 0 aliphatic rings. The quantitative estimate of drug-likeness (QED) is 0.716. The van der Waals surface area contributed by atoms with Crippen LogP contribution in [0.1, 0.15) is 30.5 Å². The Morgan fingerprint density at radius 3 is 2.12 bits per heavy atom. The van der Waals surface area contributed by atoms with Crippen LogP contribution in [-0.2, 0) is 0 Å². The highest BCUT2D eigenvalue weighted by molar-refractivity contribution is 5.22. The van der Waals surface area contributed by atoms with Gasteiger partial charge in [0, 0.05) is 24.1 Å². The zero-order chi connectivity index (χ0) is 11.4. The second-order valence-corrected chi connectivity index (χ2v) is 4.16. The molecular weight excluding hydrogens is 274 g/mol. The maximum atomic E-state index is 2.27. The highest BCUT2D eigenvalue weighted by Crippen LogP contribution is 2.16. The van der Waals surface area contributed by atoms with Crippen LogP contribution in [-0.4, -0.2) is 0 Å². The first-order chi connectivity index (χ1) is 7.81. The number of rotatable bonds is 3. The van der Waals surface area contributed by atoms with Crippen LogP contribution in [0.3, 0.4) is 0 Å². The molecule has 2 heteroatoms. The van der Waals surface area contributed by atoms with Crippen molar-refractivity contribution in [2.24, 2.45) is 0 Å². The third kappa shape index (κ3) is 3.40. The van der Waals surface area contributed by atoms with Gasteiger partial charge in [0.2, 0.25) is 0 Å². The number of nitrogens with zero attached hydrogens (tertiary/aromatic N) is 1. The second-order valence-electron chi connectivity index (χ2n) is 4.16. The molecule has 2 rings (SSSR count). The second kappa shape index (κ2) is 6.55. The van der Waals surface area contributed by atoms with Crippen molar-refractivity contribution >= 4 is 0 Å². The van der Waals surface area contributed by atoms with Crippen LogP contribution in [0.4, 0.5) is 0 Å². The summed E-state index contributed by atoms with van der Waals surface area (Å²) in [5.74, 6) is 0. The summed E-state index contributed by atoms with van der Waals surface area (Å²) in [6, 6.07) is 15.5. The van der Waals surface area contributed by atoms with Crippen LogP contribution in [0.15, 0.2) is 54.9 Å². The number of halogens is 1. The van der Waals surface area contributed by atoms with Crippen molar-refractivity contribution in [3.63, 3.8) is 0 Å². The lowest BCUT2D eigenvalue weighted by Crippen LogP contribution is -3.00. The summed E-state index contributed by atoms with van der Waals surface area (Å²) in [7, 11) is 0. The Morgan fingerprint density at radius 1 is 1.00 bits per heavy atom. The average Bonchev–Trinajstić information content (AvgIpc) is 2.34. The molecule has 0 N–H and O–H groups in total. The first-order valence-corrected chi connectivity index (χ1v) is 5.83. The van der Waals surface area contributed by atoms with Gasteiger partial charge in [-0.25, -0.2) is 0 Å². The standard InChI is InChI=1S/C15H18N.BrH/c1-3-15(16-11-5-4-6-12-16)14-9-7-13(2)8-10-14;/h4-12,15H,3H2,1-2H3;1H/q+1;/p-1. The summed E-state index contributed by atoms with van der Waals surface area (Å²) in [5, 5.41) is 0. The van der Waals surface area contributed by atoms with Gasteiger partial charge >= 0.3 is 0 Å². The molecule has 1 nitrogen and oxygen atoms in total. The van der Waals surface area contributed by atoms with Crippen LogP contribution in [0.2, 0.25) is 0 Å². The van der Waals surface area contributed by atoms with Crippen molar-refractivity contribution in [2.75, 3.05) is 0 Å². The van der Waals surface area contributed by atoms with Crippen molar-refractivity contribution in [3.8, 4) is 0 Å². The van der Waals surface area contributed by atoms with E-state index in [9.17, 15) is 0 Å². The van der Waals surface area contributed by atoms with Gasteiger partial charge in [0.1, 0.15) is 0 Å². The molecule has 0 aliphatic heterocycles. The molecule has 90 valence electrons. The molecule has 17 heavy (non-hydrogen) atoms. The van der Waals surface area contributed by atoms with Gasteiger partial charge < -0.3 is 17.0 Å². The number of aromatic nitrogens is 1. The van der Waals surface area contributed by atoms with E-state index in [0.29, 0.717) is 6.04 Å². The van der Waals surface area contributed by atoms with Crippen LogP contribution in [0.5, 0.6) is 0 Å². The van der Waals surface area contributed by atoms with Crippen LogP contribution < -0.4 is 21.5 Å². The zero-order valence-corrected chi connectivity index (χ0v) is 11.9. The minimum atomic E-state index is 0. The topological polar surface area (TPSA) is 3.88 Å². The molecule has 1 aromatic heterocycles. The largest absolute Gasteiger partial charge is 1.00 e. The Balaban J connectivity index is 0.00000144. The molecule has 1 unspecified atom stereocenters. The Hall–Kier alpha value is -1.15. The third-order valence-electron chi connectivity index (χ3n) is 2.95. The summed E-state index contributed by atoms with van der Waals surface area (Å²) in [6.45, 7) is 4.35. The van der Waals surface area contributed by atoms with Crippen LogP contribution in [0.25, 0.3) is 0 Å². The van der Waals surface area contributed by atoms with Crippen molar-refractivity contribution in [1.29, 1.82) is 0 Å². The number of hydrogen-bond donors (Lipinski definition) is 0. The van der Waals surface area contributed by atoms with Gasteiger partial charge in [-0.2, -0.15) is 4.57 Å². The van der Waals surface area contributed by atoms with E-state index in [4.69, 9.17) is 0 Å². The summed E-state index contributed by atoms with van der Waals surface area (Å²) >= 11 is 0. The molecule has 1 atom stereocenters.